The van der Waals surface area contributed by atoms with E-state index in [1.807, 2.05) is 51.1 Å². The fourth-order valence-corrected chi connectivity index (χ4v) is 3.10. The molecule has 1 aromatic heterocycles. The van der Waals surface area contributed by atoms with Gasteiger partial charge in [0, 0.05) is 25.7 Å². The first kappa shape index (κ1) is 18.9. The highest BCUT2D eigenvalue weighted by atomic mass is 16.6. The van der Waals surface area contributed by atoms with E-state index in [-0.39, 0.29) is 12.0 Å². The second kappa shape index (κ2) is 7.42. The van der Waals surface area contributed by atoms with Crippen molar-refractivity contribution in [1.82, 2.24) is 20.0 Å². The molecule has 1 aliphatic rings. The summed E-state index contributed by atoms with van der Waals surface area (Å²) < 4.78 is 7.14. The third kappa shape index (κ3) is 4.48. The van der Waals surface area contributed by atoms with Gasteiger partial charge in [-0.1, -0.05) is 30.3 Å². The lowest BCUT2D eigenvalue weighted by Gasteiger charge is -2.30. The highest BCUT2D eigenvalue weighted by molar-refractivity contribution is 5.94. The van der Waals surface area contributed by atoms with Gasteiger partial charge in [0.1, 0.15) is 5.60 Å². The summed E-state index contributed by atoms with van der Waals surface area (Å²) in [7, 11) is 1.80. The Bertz CT molecular complexity index is 837. The Morgan fingerprint density at radius 2 is 1.93 bits per heavy atom. The summed E-state index contributed by atoms with van der Waals surface area (Å²) in [6.07, 6.45) is 0.237. The number of carbonyl (C=O) groups is 2. The molecule has 2 heterocycles. The van der Waals surface area contributed by atoms with Gasteiger partial charge in [0.2, 0.25) is 0 Å². The number of nitrogens with zero attached hydrogens (tertiary/aromatic N) is 3. The summed E-state index contributed by atoms with van der Waals surface area (Å²) in [4.78, 5) is 26.6. The van der Waals surface area contributed by atoms with Crippen LogP contribution in [0, 0.1) is 0 Å². The SMILES string of the molecule is Cn1nc(C(=O)NCc2ccccc2)c2c1CN(C(=O)OC(C)(C)C)CC2. The zero-order valence-corrected chi connectivity index (χ0v) is 16.3. The zero-order chi connectivity index (χ0) is 19.6. The number of benzene rings is 1. The molecule has 0 saturated heterocycles. The molecule has 0 saturated carbocycles. The Balaban J connectivity index is 1.70. The van der Waals surface area contributed by atoms with Crippen LogP contribution < -0.4 is 5.32 Å². The average Bonchev–Trinajstić information content (AvgIpc) is 2.95. The normalized spacial score (nSPS) is 13.9. The number of fused-ring (bicyclic) bond motifs is 1. The summed E-state index contributed by atoms with van der Waals surface area (Å²) in [6, 6.07) is 9.75. The Hall–Kier alpha value is -2.83. The zero-order valence-electron chi connectivity index (χ0n) is 16.3. The minimum absolute atomic E-state index is 0.193. The van der Waals surface area contributed by atoms with Gasteiger partial charge < -0.3 is 15.0 Å². The number of hydrogen-bond acceptors (Lipinski definition) is 4. The summed E-state index contributed by atoms with van der Waals surface area (Å²) in [6.45, 7) is 6.89. The molecule has 0 bridgehead atoms. The number of amides is 2. The van der Waals surface area contributed by atoms with Crippen molar-refractivity contribution in [1.29, 1.82) is 0 Å². The van der Waals surface area contributed by atoms with Crippen LogP contribution in [0.4, 0.5) is 4.79 Å². The second-order valence-corrected chi connectivity index (χ2v) is 7.72. The van der Waals surface area contributed by atoms with Crippen molar-refractivity contribution in [2.45, 2.75) is 45.9 Å². The van der Waals surface area contributed by atoms with E-state index in [1.54, 1.807) is 16.6 Å². The maximum absolute atomic E-state index is 12.6. The number of carbonyl (C=O) groups excluding carboxylic acids is 2. The number of nitrogens with one attached hydrogen (secondary N) is 1. The van der Waals surface area contributed by atoms with Crippen molar-refractivity contribution >= 4 is 12.0 Å². The molecule has 1 aromatic carbocycles. The summed E-state index contributed by atoms with van der Waals surface area (Å²) in [5.74, 6) is -0.193. The Morgan fingerprint density at radius 1 is 1.22 bits per heavy atom. The number of hydrogen-bond donors (Lipinski definition) is 1. The molecule has 3 rings (SSSR count). The lowest BCUT2D eigenvalue weighted by molar-refractivity contribution is 0.0219. The second-order valence-electron chi connectivity index (χ2n) is 7.72. The molecule has 0 unspecified atom stereocenters. The maximum atomic E-state index is 12.6. The van der Waals surface area contributed by atoms with Crippen LogP contribution >= 0.6 is 0 Å². The molecule has 144 valence electrons. The summed E-state index contributed by atoms with van der Waals surface area (Å²) in [5.41, 5.74) is 2.71. The van der Waals surface area contributed by atoms with E-state index in [9.17, 15) is 9.59 Å². The Kier molecular flexibility index (Phi) is 5.21. The number of aryl methyl sites for hydroxylation is 1. The maximum Gasteiger partial charge on any atom is 0.410 e. The molecule has 0 fully saturated rings. The van der Waals surface area contributed by atoms with Crippen LogP contribution in [-0.4, -0.2) is 38.8 Å². The monoisotopic (exact) mass is 370 g/mol. The first-order valence-corrected chi connectivity index (χ1v) is 9.09. The van der Waals surface area contributed by atoms with E-state index in [2.05, 4.69) is 10.4 Å². The highest BCUT2D eigenvalue weighted by Crippen LogP contribution is 2.23. The summed E-state index contributed by atoms with van der Waals surface area (Å²) >= 11 is 0. The van der Waals surface area contributed by atoms with E-state index in [0.29, 0.717) is 31.7 Å². The van der Waals surface area contributed by atoms with E-state index >= 15 is 0 Å². The fourth-order valence-electron chi connectivity index (χ4n) is 3.10. The number of aromatic nitrogens is 2. The lowest BCUT2D eigenvalue weighted by Crippen LogP contribution is -2.40. The Morgan fingerprint density at radius 3 is 2.59 bits per heavy atom. The van der Waals surface area contributed by atoms with Crippen molar-refractivity contribution in [2.24, 2.45) is 7.05 Å². The molecular weight excluding hydrogens is 344 g/mol. The van der Waals surface area contributed by atoms with Gasteiger partial charge in [0.05, 0.1) is 12.2 Å². The first-order valence-electron chi connectivity index (χ1n) is 9.09. The molecular formula is C20H26N4O3. The fraction of sp³-hybridized carbons (Fsp3) is 0.450. The molecule has 0 radical (unpaired) electrons. The molecule has 7 nitrogen and oxygen atoms in total. The van der Waals surface area contributed by atoms with Crippen molar-refractivity contribution in [3.05, 3.63) is 52.8 Å². The van der Waals surface area contributed by atoms with Crippen LogP contribution in [0.25, 0.3) is 0 Å². The standard InChI is InChI=1S/C20H26N4O3/c1-20(2,3)27-19(26)24-11-10-15-16(13-24)23(4)22-17(15)18(25)21-12-14-8-6-5-7-9-14/h5-9H,10-13H2,1-4H3,(H,21,25). The molecule has 0 aliphatic carbocycles. The smallest absolute Gasteiger partial charge is 0.410 e. The molecule has 2 aromatic rings. The molecule has 2 amide bonds. The van der Waals surface area contributed by atoms with Crippen LogP contribution in [0.3, 0.4) is 0 Å². The lowest BCUT2D eigenvalue weighted by atomic mass is 10.0. The van der Waals surface area contributed by atoms with Crippen LogP contribution in [-0.2, 0) is 31.3 Å². The minimum Gasteiger partial charge on any atom is -0.444 e. The largest absolute Gasteiger partial charge is 0.444 e. The molecule has 7 heteroatoms. The Labute approximate surface area is 159 Å². The molecule has 27 heavy (non-hydrogen) atoms. The molecule has 0 atom stereocenters. The molecule has 1 N–H and O–H groups in total. The predicted molar refractivity (Wildman–Crippen MR) is 101 cm³/mol. The number of ether oxygens (including phenoxy) is 1. The van der Waals surface area contributed by atoms with E-state index in [0.717, 1.165) is 16.8 Å². The van der Waals surface area contributed by atoms with Crippen LogP contribution in [0.15, 0.2) is 30.3 Å². The van der Waals surface area contributed by atoms with E-state index < -0.39 is 5.60 Å². The van der Waals surface area contributed by atoms with Gasteiger partial charge in [0.15, 0.2) is 5.69 Å². The van der Waals surface area contributed by atoms with Crippen molar-refractivity contribution in [2.75, 3.05) is 6.54 Å². The number of rotatable bonds is 3. The molecule has 0 spiro atoms. The van der Waals surface area contributed by atoms with E-state index in [1.165, 1.54) is 0 Å². The topological polar surface area (TPSA) is 76.5 Å². The van der Waals surface area contributed by atoms with Gasteiger partial charge in [-0.15, -0.1) is 0 Å². The average molecular weight is 370 g/mol. The van der Waals surface area contributed by atoms with Crippen LogP contribution in [0.1, 0.15) is 48.1 Å². The van der Waals surface area contributed by atoms with Crippen LogP contribution in [0.5, 0.6) is 0 Å². The van der Waals surface area contributed by atoms with Gasteiger partial charge >= 0.3 is 6.09 Å². The van der Waals surface area contributed by atoms with Crippen molar-refractivity contribution in [3.63, 3.8) is 0 Å². The quantitative estimate of drug-likeness (QED) is 0.901. The highest BCUT2D eigenvalue weighted by Gasteiger charge is 2.31. The third-order valence-corrected chi connectivity index (χ3v) is 4.41. The van der Waals surface area contributed by atoms with Gasteiger partial charge in [-0.25, -0.2) is 4.79 Å². The van der Waals surface area contributed by atoms with Crippen molar-refractivity contribution < 1.29 is 14.3 Å². The third-order valence-electron chi connectivity index (χ3n) is 4.41. The summed E-state index contributed by atoms with van der Waals surface area (Å²) in [5, 5.41) is 7.32. The van der Waals surface area contributed by atoms with Gasteiger partial charge in [0.25, 0.3) is 5.91 Å². The van der Waals surface area contributed by atoms with Gasteiger partial charge in [-0.3, -0.25) is 9.48 Å². The first-order chi connectivity index (χ1) is 12.7. The van der Waals surface area contributed by atoms with E-state index in [4.69, 9.17) is 4.74 Å². The predicted octanol–water partition coefficient (Wildman–Crippen LogP) is 2.64. The van der Waals surface area contributed by atoms with Crippen molar-refractivity contribution in [3.8, 4) is 0 Å². The molecule has 1 aliphatic heterocycles. The van der Waals surface area contributed by atoms with Crippen LogP contribution in [0.2, 0.25) is 0 Å². The van der Waals surface area contributed by atoms with Gasteiger partial charge in [-0.05, 0) is 32.8 Å². The van der Waals surface area contributed by atoms with Gasteiger partial charge in [-0.2, -0.15) is 5.10 Å². The minimum atomic E-state index is -0.535.